The van der Waals surface area contributed by atoms with Gasteiger partial charge in [-0.2, -0.15) is 0 Å². The topological polar surface area (TPSA) is 12.9 Å². The highest BCUT2D eigenvalue weighted by Gasteiger charge is 2.05. The molecule has 2 rings (SSSR count). The van der Waals surface area contributed by atoms with Crippen LogP contribution >= 0.6 is 22.9 Å². The fraction of sp³-hybridized carbons (Fsp3) is 0.300. The number of hydrogen-bond acceptors (Lipinski definition) is 2. The average Bonchev–Trinajstić information content (AvgIpc) is 2.49. The predicted molar refractivity (Wildman–Crippen MR) is 60.7 cm³/mol. The second kappa shape index (κ2) is 4.71. The van der Waals surface area contributed by atoms with Gasteiger partial charge in [-0.15, -0.1) is 11.3 Å². The molecule has 1 heterocycles. The number of aromatic nitrogens is 1. The van der Waals surface area contributed by atoms with E-state index in [-0.39, 0.29) is 10.8 Å². The highest BCUT2D eigenvalue weighted by Crippen LogP contribution is 2.26. The molecular weight excluding hydrogens is 221 g/mol. The van der Waals surface area contributed by atoms with Crippen LogP contribution in [0.3, 0.4) is 0 Å². The number of rotatable bonds is 0. The molecule has 0 saturated heterocycles. The fourth-order valence-corrected chi connectivity index (χ4v) is 2.03. The van der Waals surface area contributed by atoms with Crippen LogP contribution in [0, 0.1) is 12.7 Å². The highest BCUT2D eigenvalue weighted by molar-refractivity contribution is 7.18. The summed E-state index contributed by atoms with van der Waals surface area (Å²) in [6, 6.07) is 2.97. The third kappa shape index (κ3) is 2.22. The van der Waals surface area contributed by atoms with Crippen LogP contribution in [0.15, 0.2) is 12.1 Å². The molecule has 0 amide bonds. The van der Waals surface area contributed by atoms with E-state index in [0.717, 1.165) is 15.2 Å². The van der Waals surface area contributed by atoms with Gasteiger partial charge < -0.3 is 0 Å². The second-order valence-corrected chi connectivity index (χ2v) is 4.11. The third-order valence-electron chi connectivity index (χ3n) is 1.54. The minimum atomic E-state index is -0.382. The molecule has 0 fully saturated rings. The normalized spacial score (nSPS) is 9.79. The zero-order valence-corrected chi connectivity index (χ0v) is 9.84. The minimum Gasteiger partial charge on any atom is -0.241 e. The summed E-state index contributed by atoms with van der Waals surface area (Å²) in [6.45, 7) is 5.89. The summed E-state index contributed by atoms with van der Waals surface area (Å²) in [4.78, 5) is 4.18. The Bertz CT molecular complexity index is 400. The highest BCUT2D eigenvalue weighted by atomic mass is 35.5. The maximum absolute atomic E-state index is 12.9. The van der Waals surface area contributed by atoms with E-state index in [1.165, 1.54) is 17.4 Å². The molecule has 1 nitrogen and oxygen atoms in total. The van der Waals surface area contributed by atoms with E-state index in [1.54, 1.807) is 6.07 Å². The lowest BCUT2D eigenvalue weighted by molar-refractivity contribution is 0.630. The van der Waals surface area contributed by atoms with Gasteiger partial charge in [0, 0.05) is 0 Å². The molecule has 4 heteroatoms. The summed E-state index contributed by atoms with van der Waals surface area (Å²) in [7, 11) is 0. The summed E-state index contributed by atoms with van der Waals surface area (Å²) >= 11 is 7.05. The van der Waals surface area contributed by atoms with Crippen molar-refractivity contribution in [2.24, 2.45) is 0 Å². The first-order valence-corrected chi connectivity index (χ1v) is 5.58. The first-order chi connectivity index (χ1) is 6.66. The Kier molecular flexibility index (Phi) is 3.84. The van der Waals surface area contributed by atoms with Gasteiger partial charge in [0.1, 0.15) is 5.82 Å². The second-order valence-electron chi connectivity index (χ2n) is 2.47. The number of benzene rings is 1. The number of halogens is 2. The molecular formula is C10H11ClFNS. The summed E-state index contributed by atoms with van der Waals surface area (Å²) in [5.74, 6) is -0.382. The van der Waals surface area contributed by atoms with Gasteiger partial charge in [-0.05, 0) is 19.1 Å². The van der Waals surface area contributed by atoms with Crippen molar-refractivity contribution in [1.82, 2.24) is 4.98 Å². The molecule has 0 aliphatic rings. The first kappa shape index (κ1) is 11.4. The molecule has 0 N–H and O–H groups in total. The van der Waals surface area contributed by atoms with Crippen molar-refractivity contribution in [3.05, 3.63) is 28.0 Å². The van der Waals surface area contributed by atoms with Crippen molar-refractivity contribution in [2.75, 3.05) is 0 Å². The Morgan fingerprint density at radius 3 is 2.64 bits per heavy atom. The lowest BCUT2D eigenvalue weighted by Gasteiger charge is -1.91. The molecule has 76 valence electrons. The van der Waals surface area contributed by atoms with Gasteiger partial charge >= 0.3 is 0 Å². The Balaban J connectivity index is 0.000000461. The first-order valence-electron chi connectivity index (χ1n) is 4.39. The number of aryl methyl sites for hydroxylation is 1. The van der Waals surface area contributed by atoms with Gasteiger partial charge in [0.2, 0.25) is 0 Å². The maximum Gasteiger partial charge on any atom is 0.143 e. The van der Waals surface area contributed by atoms with E-state index in [1.807, 2.05) is 20.8 Å². The molecule has 0 saturated carbocycles. The molecule has 14 heavy (non-hydrogen) atoms. The standard InChI is InChI=1S/C8H5ClFNS.C2H6/c1-4-11-7-2-5(9)6(10)3-8(7)12-4;1-2/h2-3H,1H3;1-2H3. The van der Waals surface area contributed by atoms with E-state index in [9.17, 15) is 4.39 Å². The van der Waals surface area contributed by atoms with Gasteiger partial charge in [-0.3, -0.25) is 0 Å². The van der Waals surface area contributed by atoms with Gasteiger partial charge in [0.15, 0.2) is 0 Å². The summed E-state index contributed by atoms with van der Waals surface area (Å²) in [6.07, 6.45) is 0. The van der Waals surface area contributed by atoms with E-state index >= 15 is 0 Å². The summed E-state index contributed by atoms with van der Waals surface area (Å²) in [5, 5.41) is 1.06. The molecule has 0 atom stereocenters. The third-order valence-corrected chi connectivity index (χ3v) is 2.76. The molecule has 1 aromatic carbocycles. The van der Waals surface area contributed by atoms with Crippen LogP contribution in [0.5, 0.6) is 0 Å². The molecule has 0 unspecified atom stereocenters. The number of fused-ring (bicyclic) bond motifs is 1. The molecule has 0 radical (unpaired) electrons. The Morgan fingerprint density at radius 1 is 1.36 bits per heavy atom. The zero-order valence-electron chi connectivity index (χ0n) is 8.27. The molecule has 0 spiro atoms. The zero-order chi connectivity index (χ0) is 10.7. The smallest absolute Gasteiger partial charge is 0.143 e. The van der Waals surface area contributed by atoms with Crippen LogP contribution in [0.2, 0.25) is 5.02 Å². The van der Waals surface area contributed by atoms with E-state index in [2.05, 4.69) is 4.98 Å². The quantitative estimate of drug-likeness (QED) is 0.654. The molecule has 1 aromatic heterocycles. The Morgan fingerprint density at radius 2 is 2.00 bits per heavy atom. The fourth-order valence-electron chi connectivity index (χ4n) is 1.04. The van der Waals surface area contributed by atoms with E-state index in [4.69, 9.17) is 11.6 Å². The maximum atomic E-state index is 12.9. The Labute approximate surface area is 91.5 Å². The minimum absolute atomic E-state index is 0.132. The van der Waals surface area contributed by atoms with Crippen LogP contribution < -0.4 is 0 Å². The van der Waals surface area contributed by atoms with Gasteiger partial charge in [0.05, 0.1) is 20.2 Å². The lowest BCUT2D eigenvalue weighted by Crippen LogP contribution is -1.75. The summed E-state index contributed by atoms with van der Waals surface area (Å²) < 4.78 is 13.7. The van der Waals surface area contributed by atoms with Crippen molar-refractivity contribution in [3.8, 4) is 0 Å². The van der Waals surface area contributed by atoms with Crippen molar-refractivity contribution in [3.63, 3.8) is 0 Å². The molecule has 2 aromatic rings. The van der Waals surface area contributed by atoms with Gasteiger partial charge in [-0.25, -0.2) is 9.37 Å². The number of nitrogens with zero attached hydrogens (tertiary/aromatic N) is 1. The largest absolute Gasteiger partial charge is 0.241 e. The molecule has 0 aliphatic carbocycles. The van der Waals surface area contributed by atoms with Crippen molar-refractivity contribution >= 4 is 33.2 Å². The lowest BCUT2D eigenvalue weighted by atomic mass is 10.3. The predicted octanol–water partition coefficient (Wildman–Crippen LogP) is 4.42. The van der Waals surface area contributed by atoms with Gasteiger partial charge in [0.25, 0.3) is 0 Å². The van der Waals surface area contributed by atoms with Crippen LogP contribution in [0.25, 0.3) is 10.2 Å². The number of hydrogen-bond donors (Lipinski definition) is 0. The van der Waals surface area contributed by atoms with E-state index in [0.29, 0.717) is 0 Å². The van der Waals surface area contributed by atoms with Gasteiger partial charge in [-0.1, -0.05) is 25.4 Å². The monoisotopic (exact) mass is 231 g/mol. The molecule has 0 bridgehead atoms. The van der Waals surface area contributed by atoms with E-state index < -0.39 is 0 Å². The SMILES string of the molecule is CC.Cc1nc2cc(Cl)c(F)cc2s1. The van der Waals surface area contributed by atoms with Crippen molar-refractivity contribution in [2.45, 2.75) is 20.8 Å². The average molecular weight is 232 g/mol. The van der Waals surface area contributed by atoms with Crippen LogP contribution in [0.1, 0.15) is 18.9 Å². The number of thiazole rings is 1. The molecule has 0 aliphatic heterocycles. The van der Waals surface area contributed by atoms with Crippen molar-refractivity contribution < 1.29 is 4.39 Å². The van der Waals surface area contributed by atoms with Crippen molar-refractivity contribution in [1.29, 1.82) is 0 Å². The summed E-state index contributed by atoms with van der Waals surface area (Å²) in [5.41, 5.74) is 0.768. The van der Waals surface area contributed by atoms with Crippen LogP contribution in [-0.4, -0.2) is 4.98 Å². The Hall–Kier alpha value is -0.670. The van der Waals surface area contributed by atoms with Crippen LogP contribution in [0.4, 0.5) is 4.39 Å². The van der Waals surface area contributed by atoms with Crippen LogP contribution in [-0.2, 0) is 0 Å².